The van der Waals surface area contributed by atoms with Crippen molar-refractivity contribution in [2.75, 3.05) is 6.54 Å². The second kappa shape index (κ2) is 7.43. The zero-order valence-corrected chi connectivity index (χ0v) is 16.8. The highest BCUT2D eigenvalue weighted by molar-refractivity contribution is 5.85. The quantitative estimate of drug-likeness (QED) is 0.555. The highest BCUT2D eigenvalue weighted by Crippen LogP contribution is 2.42. The Labute approximate surface area is 175 Å². The third kappa shape index (κ3) is 3.08. The average molecular weight is 397 g/mol. The van der Waals surface area contributed by atoms with Gasteiger partial charge in [0, 0.05) is 29.3 Å². The Kier molecular flexibility index (Phi) is 4.60. The first-order chi connectivity index (χ1) is 14.7. The van der Waals surface area contributed by atoms with Gasteiger partial charge in [0.15, 0.2) is 0 Å². The van der Waals surface area contributed by atoms with Crippen LogP contribution in [0.5, 0.6) is 0 Å². The molecule has 0 bridgehead atoms. The smallest absolute Gasteiger partial charge is 0.329 e. The van der Waals surface area contributed by atoms with Crippen LogP contribution in [0.4, 0.5) is 0 Å². The summed E-state index contributed by atoms with van der Waals surface area (Å²) in [4.78, 5) is 27.0. The topological polar surface area (TPSA) is 58.2 Å². The van der Waals surface area contributed by atoms with Crippen molar-refractivity contribution in [3.8, 4) is 0 Å². The van der Waals surface area contributed by atoms with E-state index in [1.807, 2.05) is 54.6 Å². The van der Waals surface area contributed by atoms with Crippen molar-refractivity contribution in [1.29, 1.82) is 0 Å². The molecule has 2 aromatic heterocycles. The third-order valence-corrected chi connectivity index (χ3v) is 5.93. The number of rotatable bonds is 4. The van der Waals surface area contributed by atoms with Crippen molar-refractivity contribution in [1.82, 2.24) is 15.0 Å². The fourth-order valence-corrected chi connectivity index (χ4v) is 4.40. The monoisotopic (exact) mass is 397 g/mol. The van der Waals surface area contributed by atoms with Crippen LogP contribution < -0.4 is 0 Å². The number of pyridine rings is 1. The molecule has 30 heavy (non-hydrogen) atoms. The lowest BCUT2D eigenvalue weighted by atomic mass is 9.85. The van der Waals surface area contributed by atoms with Gasteiger partial charge in [-0.3, -0.25) is 4.98 Å². The molecule has 0 spiro atoms. The molecule has 3 heterocycles. The first-order valence-electron chi connectivity index (χ1n) is 10.2. The van der Waals surface area contributed by atoms with Gasteiger partial charge in [-0.1, -0.05) is 54.6 Å². The van der Waals surface area contributed by atoms with E-state index < -0.39 is 5.54 Å². The van der Waals surface area contributed by atoms with Gasteiger partial charge in [0.2, 0.25) is 0 Å². The van der Waals surface area contributed by atoms with Gasteiger partial charge < -0.3 is 9.82 Å². The second-order valence-electron chi connectivity index (χ2n) is 7.79. The molecular weight excluding hydrogens is 374 g/mol. The normalized spacial score (nSPS) is 18.8. The van der Waals surface area contributed by atoms with E-state index >= 15 is 0 Å². The molecule has 1 aliphatic heterocycles. The lowest BCUT2D eigenvalue weighted by Gasteiger charge is -2.42. The number of H-pyrrole nitrogens is 1. The standard InChI is InChI=1S/C25H23N3O2/c1-25(22-13-7-8-15-26-22)24-20(19-11-5-6-12-21(19)27-24)14-16-28(25)30-23(29)17-18-9-3-2-4-10-18/h2-13,15,27H,14,16-17H2,1H3/t25-/m1/s1. The van der Waals surface area contributed by atoms with Gasteiger partial charge in [-0.05, 0) is 42.7 Å². The number of aromatic amines is 1. The lowest BCUT2D eigenvalue weighted by Crippen LogP contribution is -2.51. The molecule has 0 saturated carbocycles. The van der Waals surface area contributed by atoms with E-state index in [2.05, 4.69) is 35.1 Å². The summed E-state index contributed by atoms with van der Waals surface area (Å²) in [5.74, 6) is -0.275. The summed E-state index contributed by atoms with van der Waals surface area (Å²) in [7, 11) is 0. The van der Waals surface area contributed by atoms with E-state index in [4.69, 9.17) is 4.84 Å². The summed E-state index contributed by atoms with van der Waals surface area (Å²) in [5, 5.41) is 3.00. The van der Waals surface area contributed by atoms with Crippen LogP contribution in [0.2, 0.25) is 0 Å². The Morgan fingerprint density at radius 2 is 1.83 bits per heavy atom. The van der Waals surface area contributed by atoms with Crippen LogP contribution in [0.1, 0.15) is 29.4 Å². The summed E-state index contributed by atoms with van der Waals surface area (Å²) in [6, 6.07) is 23.8. The van der Waals surface area contributed by atoms with Crippen LogP contribution in [0.3, 0.4) is 0 Å². The van der Waals surface area contributed by atoms with Gasteiger partial charge in [0.05, 0.1) is 12.1 Å². The van der Waals surface area contributed by atoms with Crippen LogP contribution in [0.25, 0.3) is 10.9 Å². The third-order valence-electron chi connectivity index (χ3n) is 5.93. The fraction of sp³-hybridized carbons (Fsp3) is 0.200. The highest BCUT2D eigenvalue weighted by atomic mass is 16.7. The molecule has 1 aliphatic rings. The van der Waals surface area contributed by atoms with E-state index in [9.17, 15) is 4.79 Å². The van der Waals surface area contributed by atoms with Gasteiger partial charge in [0.1, 0.15) is 5.54 Å². The van der Waals surface area contributed by atoms with E-state index in [1.54, 1.807) is 11.3 Å². The molecule has 0 aliphatic carbocycles. The maximum absolute atomic E-state index is 12.8. The minimum Gasteiger partial charge on any atom is -0.366 e. The number of hydrogen-bond donors (Lipinski definition) is 1. The first-order valence-corrected chi connectivity index (χ1v) is 10.2. The molecule has 0 saturated heterocycles. The maximum atomic E-state index is 12.8. The summed E-state index contributed by atoms with van der Waals surface area (Å²) in [6.07, 6.45) is 2.80. The number of aromatic nitrogens is 2. The Morgan fingerprint density at radius 1 is 1.07 bits per heavy atom. The van der Waals surface area contributed by atoms with Crippen molar-refractivity contribution >= 4 is 16.9 Å². The van der Waals surface area contributed by atoms with Crippen molar-refractivity contribution in [3.63, 3.8) is 0 Å². The van der Waals surface area contributed by atoms with E-state index in [0.717, 1.165) is 28.9 Å². The molecule has 5 nitrogen and oxygen atoms in total. The minimum absolute atomic E-state index is 0.231. The first kappa shape index (κ1) is 18.6. The van der Waals surface area contributed by atoms with Crippen LogP contribution >= 0.6 is 0 Å². The number of nitrogens with one attached hydrogen (secondary N) is 1. The molecule has 1 atom stereocenters. The van der Waals surface area contributed by atoms with E-state index in [1.165, 1.54) is 10.9 Å². The zero-order valence-electron chi connectivity index (χ0n) is 16.8. The number of benzene rings is 2. The maximum Gasteiger partial charge on any atom is 0.329 e. The van der Waals surface area contributed by atoms with Crippen LogP contribution in [0, 0.1) is 0 Å². The number of carbonyl (C=O) groups excluding carboxylic acids is 1. The molecule has 150 valence electrons. The summed E-state index contributed by atoms with van der Waals surface area (Å²) in [5.41, 5.74) is 4.44. The van der Waals surface area contributed by atoms with Crippen molar-refractivity contribution < 1.29 is 9.63 Å². The van der Waals surface area contributed by atoms with Crippen LogP contribution in [-0.4, -0.2) is 27.5 Å². The summed E-state index contributed by atoms with van der Waals surface area (Å²) < 4.78 is 0. The molecule has 0 radical (unpaired) electrons. The molecular formula is C25H23N3O2. The highest BCUT2D eigenvalue weighted by Gasteiger charge is 2.45. The predicted molar refractivity (Wildman–Crippen MR) is 116 cm³/mol. The van der Waals surface area contributed by atoms with Crippen molar-refractivity contribution in [2.24, 2.45) is 0 Å². The molecule has 5 heteroatoms. The number of fused-ring (bicyclic) bond motifs is 3. The Bertz CT molecular complexity index is 1190. The van der Waals surface area contributed by atoms with Gasteiger partial charge in [-0.2, -0.15) is 0 Å². The van der Waals surface area contributed by atoms with Gasteiger partial charge in [0.25, 0.3) is 0 Å². The number of para-hydroxylation sites is 1. The summed E-state index contributed by atoms with van der Waals surface area (Å²) >= 11 is 0. The second-order valence-corrected chi connectivity index (χ2v) is 7.79. The number of hydrogen-bond acceptors (Lipinski definition) is 4. The summed E-state index contributed by atoms with van der Waals surface area (Å²) in [6.45, 7) is 2.67. The van der Waals surface area contributed by atoms with E-state index in [0.29, 0.717) is 6.54 Å². The fourth-order valence-electron chi connectivity index (χ4n) is 4.40. The molecule has 2 aromatic carbocycles. The molecule has 0 unspecified atom stereocenters. The van der Waals surface area contributed by atoms with Gasteiger partial charge in [-0.15, -0.1) is 5.06 Å². The number of nitrogens with zero attached hydrogens (tertiary/aromatic N) is 2. The molecule has 5 rings (SSSR count). The lowest BCUT2D eigenvalue weighted by molar-refractivity contribution is -0.218. The predicted octanol–water partition coefficient (Wildman–Crippen LogP) is 4.39. The van der Waals surface area contributed by atoms with Crippen molar-refractivity contribution in [2.45, 2.75) is 25.3 Å². The Morgan fingerprint density at radius 3 is 2.63 bits per heavy atom. The number of carbonyl (C=O) groups is 1. The van der Waals surface area contributed by atoms with E-state index in [-0.39, 0.29) is 12.4 Å². The molecule has 1 N–H and O–H groups in total. The molecule has 4 aromatic rings. The average Bonchev–Trinajstić information content (AvgIpc) is 3.17. The minimum atomic E-state index is -0.708. The van der Waals surface area contributed by atoms with Crippen LogP contribution in [-0.2, 0) is 28.0 Å². The SMILES string of the molecule is C[C@@]1(c2ccccn2)c2[nH]c3ccccc3c2CCN1OC(=O)Cc1ccccc1. The van der Waals surface area contributed by atoms with Crippen molar-refractivity contribution in [3.05, 3.63) is 102 Å². The Balaban J connectivity index is 1.55. The van der Waals surface area contributed by atoms with Crippen LogP contribution in [0.15, 0.2) is 79.0 Å². The number of hydroxylamine groups is 2. The van der Waals surface area contributed by atoms with Gasteiger partial charge in [-0.25, -0.2) is 4.79 Å². The largest absolute Gasteiger partial charge is 0.366 e. The Hall–Kier alpha value is -3.44. The molecule has 0 fully saturated rings. The molecule has 0 amide bonds. The van der Waals surface area contributed by atoms with Gasteiger partial charge >= 0.3 is 5.97 Å². The zero-order chi connectivity index (χ0) is 20.6.